The molecule has 112 valence electrons. The average Bonchev–Trinajstić information content (AvgIpc) is 2.71. The van der Waals surface area contributed by atoms with Crippen LogP contribution in [0.1, 0.15) is 37.7 Å². The van der Waals surface area contributed by atoms with Gasteiger partial charge in [0.1, 0.15) is 10.8 Å². The summed E-state index contributed by atoms with van der Waals surface area (Å²) in [5.41, 5.74) is 6.03. The lowest BCUT2D eigenvalue weighted by Crippen LogP contribution is -2.26. The predicted octanol–water partition coefficient (Wildman–Crippen LogP) is 1.38. The van der Waals surface area contributed by atoms with Gasteiger partial charge in [0.05, 0.1) is 17.5 Å². The topological polar surface area (TPSA) is 90.0 Å². The summed E-state index contributed by atoms with van der Waals surface area (Å²) in [4.78, 5) is 0.133. The maximum Gasteiger partial charge on any atom is 0.234 e. The number of thiocarbonyl (C=S) groups is 1. The van der Waals surface area contributed by atoms with Gasteiger partial charge in [0.25, 0.3) is 0 Å². The summed E-state index contributed by atoms with van der Waals surface area (Å²) in [7, 11) is -1.76. The maximum absolute atomic E-state index is 12.3. The number of aryl methyl sites for hydroxylation is 1. The van der Waals surface area contributed by atoms with Crippen molar-refractivity contribution < 1.29 is 8.42 Å². The monoisotopic (exact) mass is 316 g/mol. The van der Waals surface area contributed by atoms with E-state index in [1.165, 1.54) is 17.3 Å². The van der Waals surface area contributed by atoms with E-state index in [0.29, 0.717) is 11.4 Å². The molecule has 8 heteroatoms. The Hall–Kier alpha value is -1.15. The molecule has 3 N–H and O–H groups in total. The van der Waals surface area contributed by atoms with Crippen LogP contribution in [0.4, 0.5) is 5.82 Å². The van der Waals surface area contributed by atoms with Crippen LogP contribution in [0.15, 0.2) is 6.20 Å². The standard InChI is InChI=1S/C12H20N4O2S2/c1-16-12(10(7-14-16)11(13)19)15-20(17,18)8-9-5-3-2-4-6-9/h7,9,15H,2-6,8H2,1H3,(H2,13,19). The largest absolute Gasteiger partial charge is 0.389 e. The summed E-state index contributed by atoms with van der Waals surface area (Å²) in [6.07, 6.45) is 6.87. The van der Waals surface area contributed by atoms with Crippen molar-refractivity contribution in [2.75, 3.05) is 10.5 Å². The Bertz CT molecular complexity index is 589. The fourth-order valence-corrected chi connectivity index (χ4v) is 4.32. The summed E-state index contributed by atoms with van der Waals surface area (Å²) in [6.45, 7) is 0. The number of nitrogens with zero attached hydrogens (tertiary/aromatic N) is 2. The lowest BCUT2D eigenvalue weighted by Gasteiger charge is -2.21. The lowest BCUT2D eigenvalue weighted by atomic mass is 9.91. The molecule has 1 heterocycles. The molecule has 1 aromatic heterocycles. The molecule has 1 aromatic rings. The zero-order chi connectivity index (χ0) is 14.8. The van der Waals surface area contributed by atoms with Crippen molar-refractivity contribution in [3.63, 3.8) is 0 Å². The number of sulfonamides is 1. The van der Waals surface area contributed by atoms with Crippen molar-refractivity contribution in [1.82, 2.24) is 9.78 Å². The molecule has 0 spiro atoms. The van der Waals surface area contributed by atoms with Gasteiger partial charge in [-0.25, -0.2) is 8.42 Å². The Balaban J connectivity index is 2.11. The van der Waals surface area contributed by atoms with Gasteiger partial charge >= 0.3 is 0 Å². The molecule has 0 saturated heterocycles. The van der Waals surface area contributed by atoms with Gasteiger partial charge in [0.2, 0.25) is 10.0 Å². The van der Waals surface area contributed by atoms with Crippen molar-refractivity contribution >= 4 is 33.0 Å². The number of hydrogen-bond acceptors (Lipinski definition) is 4. The highest BCUT2D eigenvalue weighted by Gasteiger charge is 2.23. The SMILES string of the molecule is Cn1ncc(C(N)=S)c1NS(=O)(=O)CC1CCCCC1. The Morgan fingerprint density at radius 1 is 1.50 bits per heavy atom. The lowest BCUT2D eigenvalue weighted by molar-refractivity contribution is 0.385. The van der Waals surface area contributed by atoms with E-state index in [2.05, 4.69) is 9.82 Å². The molecule has 0 bridgehead atoms. The average molecular weight is 316 g/mol. The Morgan fingerprint density at radius 2 is 2.15 bits per heavy atom. The fraction of sp³-hybridized carbons (Fsp3) is 0.667. The van der Waals surface area contributed by atoms with E-state index in [1.807, 2.05) is 0 Å². The third-order valence-electron chi connectivity index (χ3n) is 3.64. The first-order chi connectivity index (χ1) is 9.39. The quantitative estimate of drug-likeness (QED) is 0.801. The van der Waals surface area contributed by atoms with E-state index in [0.717, 1.165) is 25.7 Å². The molecule has 1 fully saturated rings. The van der Waals surface area contributed by atoms with Crippen LogP contribution < -0.4 is 10.5 Å². The van der Waals surface area contributed by atoms with Gasteiger partial charge in [0, 0.05) is 7.05 Å². The molecule has 0 atom stereocenters. The molecular formula is C12H20N4O2S2. The first-order valence-electron chi connectivity index (χ1n) is 6.71. The predicted molar refractivity (Wildman–Crippen MR) is 83.1 cm³/mol. The maximum atomic E-state index is 12.3. The molecule has 1 aliphatic rings. The van der Waals surface area contributed by atoms with Crippen molar-refractivity contribution in [2.45, 2.75) is 32.1 Å². The van der Waals surface area contributed by atoms with Crippen LogP contribution in [0.5, 0.6) is 0 Å². The third kappa shape index (κ3) is 3.69. The minimum atomic E-state index is -3.41. The van der Waals surface area contributed by atoms with Gasteiger partial charge in [-0.1, -0.05) is 31.5 Å². The van der Waals surface area contributed by atoms with E-state index in [9.17, 15) is 8.42 Å². The number of nitrogens with one attached hydrogen (secondary N) is 1. The molecule has 0 radical (unpaired) electrons. The summed E-state index contributed by atoms with van der Waals surface area (Å²) in [5.74, 6) is 0.727. The van der Waals surface area contributed by atoms with Crippen molar-refractivity contribution in [1.29, 1.82) is 0 Å². The van der Waals surface area contributed by atoms with E-state index >= 15 is 0 Å². The van der Waals surface area contributed by atoms with Gasteiger partial charge in [0.15, 0.2) is 0 Å². The molecular weight excluding hydrogens is 296 g/mol. The van der Waals surface area contributed by atoms with Gasteiger partial charge in [-0.05, 0) is 18.8 Å². The first-order valence-corrected chi connectivity index (χ1v) is 8.77. The van der Waals surface area contributed by atoms with Crippen LogP contribution in [0.25, 0.3) is 0 Å². The van der Waals surface area contributed by atoms with Gasteiger partial charge < -0.3 is 5.73 Å². The van der Waals surface area contributed by atoms with Crippen LogP contribution in [0, 0.1) is 5.92 Å². The minimum Gasteiger partial charge on any atom is -0.389 e. The number of rotatable bonds is 5. The Morgan fingerprint density at radius 3 is 2.75 bits per heavy atom. The summed E-state index contributed by atoms with van der Waals surface area (Å²) in [5, 5.41) is 3.99. The fourth-order valence-electron chi connectivity index (χ4n) is 2.59. The molecule has 2 rings (SSSR count). The van der Waals surface area contributed by atoms with Crippen molar-refractivity contribution in [2.24, 2.45) is 18.7 Å². The van der Waals surface area contributed by atoms with Crippen LogP contribution >= 0.6 is 12.2 Å². The van der Waals surface area contributed by atoms with Gasteiger partial charge in [-0.15, -0.1) is 0 Å². The highest BCUT2D eigenvalue weighted by Crippen LogP contribution is 2.26. The molecule has 0 aromatic carbocycles. The van der Waals surface area contributed by atoms with Crippen LogP contribution in [0.3, 0.4) is 0 Å². The van der Waals surface area contributed by atoms with Crippen LogP contribution in [0.2, 0.25) is 0 Å². The zero-order valence-corrected chi connectivity index (χ0v) is 13.1. The number of nitrogens with two attached hydrogens (primary N) is 1. The second-order valence-electron chi connectivity index (χ2n) is 5.28. The highest BCUT2D eigenvalue weighted by atomic mass is 32.2. The van der Waals surface area contributed by atoms with Crippen LogP contribution in [-0.4, -0.2) is 28.9 Å². The minimum absolute atomic E-state index is 0.133. The number of hydrogen-bond donors (Lipinski definition) is 2. The summed E-state index contributed by atoms with van der Waals surface area (Å²) in [6, 6.07) is 0. The van der Waals surface area contributed by atoms with Gasteiger partial charge in [-0.3, -0.25) is 9.40 Å². The van der Waals surface area contributed by atoms with E-state index in [4.69, 9.17) is 18.0 Å². The van der Waals surface area contributed by atoms with E-state index in [1.54, 1.807) is 7.05 Å². The zero-order valence-electron chi connectivity index (χ0n) is 11.5. The van der Waals surface area contributed by atoms with E-state index < -0.39 is 10.0 Å². The van der Waals surface area contributed by atoms with Crippen molar-refractivity contribution in [3.05, 3.63) is 11.8 Å². The molecule has 1 saturated carbocycles. The Labute approximate surface area is 124 Å². The number of anilines is 1. The van der Waals surface area contributed by atoms with E-state index in [-0.39, 0.29) is 16.7 Å². The molecule has 20 heavy (non-hydrogen) atoms. The third-order valence-corrected chi connectivity index (χ3v) is 5.27. The highest BCUT2D eigenvalue weighted by molar-refractivity contribution is 7.92. The van der Waals surface area contributed by atoms with Crippen LogP contribution in [-0.2, 0) is 17.1 Å². The smallest absolute Gasteiger partial charge is 0.234 e. The molecule has 0 aliphatic heterocycles. The normalized spacial score (nSPS) is 17.1. The van der Waals surface area contributed by atoms with Gasteiger partial charge in [-0.2, -0.15) is 5.10 Å². The molecule has 6 nitrogen and oxygen atoms in total. The molecule has 1 aliphatic carbocycles. The Kier molecular flexibility index (Phi) is 4.64. The van der Waals surface area contributed by atoms with Crippen molar-refractivity contribution in [3.8, 4) is 0 Å². The summed E-state index contributed by atoms with van der Waals surface area (Å²) < 4.78 is 28.5. The molecule has 0 unspecified atom stereocenters. The summed E-state index contributed by atoms with van der Waals surface area (Å²) >= 11 is 4.90. The first kappa shape index (κ1) is 15.2. The number of aromatic nitrogens is 2. The second-order valence-corrected chi connectivity index (χ2v) is 7.49. The second kappa shape index (κ2) is 6.09. The molecule has 0 amide bonds.